The summed E-state index contributed by atoms with van der Waals surface area (Å²) in [5.41, 5.74) is 7.41. The maximum absolute atomic E-state index is 11.9. The van der Waals surface area contributed by atoms with E-state index in [0.29, 0.717) is 28.1 Å². The first kappa shape index (κ1) is 14.6. The molecule has 22 heavy (non-hydrogen) atoms. The predicted molar refractivity (Wildman–Crippen MR) is 84.3 cm³/mol. The highest BCUT2D eigenvalue weighted by atomic mass is 32.2. The van der Waals surface area contributed by atoms with Crippen molar-refractivity contribution in [2.24, 2.45) is 5.73 Å². The Balaban J connectivity index is 2.16. The van der Waals surface area contributed by atoms with Gasteiger partial charge >= 0.3 is 0 Å². The Morgan fingerprint density at radius 2 is 2.32 bits per heavy atom. The lowest BCUT2D eigenvalue weighted by molar-refractivity contribution is -0.115. The number of nitrogens with two attached hydrogens (primary N) is 1. The molecule has 2 aromatic heterocycles. The van der Waals surface area contributed by atoms with Crippen molar-refractivity contribution in [3.05, 3.63) is 41.4 Å². The van der Waals surface area contributed by atoms with Crippen LogP contribution in [0.2, 0.25) is 0 Å². The van der Waals surface area contributed by atoms with Crippen LogP contribution >= 0.6 is 11.8 Å². The van der Waals surface area contributed by atoms with E-state index in [9.17, 15) is 4.79 Å². The summed E-state index contributed by atoms with van der Waals surface area (Å²) in [6.45, 7) is 3.84. The van der Waals surface area contributed by atoms with Gasteiger partial charge in [-0.2, -0.15) is 4.98 Å². The van der Waals surface area contributed by atoms with Crippen molar-refractivity contribution < 1.29 is 4.79 Å². The van der Waals surface area contributed by atoms with Crippen molar-refractivity contribution in [3.8, 4) is 0 Å². The van der Waals surface area contributed by atoms with Crippen LogP contribution < -0.4 is 11.1 Å². The molecule has 114 valence electrons. The number of hydrogen-bond donors (Lipinski definition) is 2. The van der Waals surface area contributed by atoms with E-state index in [0.717, 1.165) is 5.75 Å². The van der Waals surface area contributed by atoms with Crippen LogP contribution in [-0.4, -0.2) is 31.4 Å². The smallest absolute Gasteiger partial charge is 0.248 e. The van der Waals surface area contributed by atoms with E-state index >= 15 is 0 Å². The van der Waals surface area contributed by atoms with Crippen molar-refractivity contribution in [2.75, 3.05) is 11.1 Å². The predicted octanol–water partition coefficient (Wildman–Crippen LogP) is 1.56. The number of amides is 1. The van der Waals surface area contributed by atoms with Gasteiger partial charge in [-0.25, -0.2) is 4.68 Å². The molecule has 7 nitrogen and oxygen atoms in total. The Hall–Kier alpha value is -2.35. The van der Waals surface area contributed by atoms with Crippen molar-refractivity contribution in [1.29, 1.82) is 0 Å². The summed E-state index contributed by atoms with van der Waals surface area (Å²) in [5.74, 6) is 0.966. The lowest BCUT2D eigenvalue weighted by atomic mass is 9.99. The van der Waals surface area contributed by atoms with Crippen LogP contribution in [0, 0.1) is 0 Å². The third kappa shape index (κ3) is 2.45. The van der Waals surface area contributed by atoms with Crippen molar-refractivity contribution in [3.63, 3.8) is 0 Å². The molecule has 1 aliphatic heterocycles. The van der Waals surface area contributed by atoms with Gasteiger partial charge in [-0.1, -0.05) is 24.8 Å². The normalized spacial score (nSPS) is 17.1. The monoisotopic (exact) mass is 316 g/mol. The van der Waals surface area contributed by atoms with E-state index in [1.807, 2.05) is 25.1 Å². The zero-order valence-corrected chi connectivity index (χ0v) is 13.1. The van der Waals surface area contributed by atoms with Gasteiger partial charge in [-0.15, -0.1) is 5.10 Å². The number of pyridine rings is 1. The standard InChI is InChI=1S/C14H16N6OS/c1-3-22-14-18-13-17-8(2)10(12(15)21)11(20(13)19-14)9-6-4-5-7-16-9/h4-7,11H,3H2,1-2H3,(H2,15,21)(H,17,18,19). The van der Waals surface area contributed by atoms with Gasteiger partial charge < -0.3 is 11.1 Å². The number of aromatic nitrogens is 4. The second kappa shape index (κ2) is 5.80. The summed E-state index contributed by atoms with van der Waals surface area (Å²) in [7, 11) is 0. The number of anilines is 1. The zero-order valence-electron chi connectivity index (χ0n) is 12.3. The molecular formula is C14H16N6OS. The van der Waals surface area contributed by atoms with Crippen molar-refractivity contribution in [1.82, 2.24) is 19.7 Å². The van der Waals surface area contributed by atoms with Crippen LogP contribution in [0.5, 0.6) is 0 Å². The Kier molecular flexibility index (Phi) is 3.84. The molecule has 0 spiro atoms. The van der Waals surface area contributed by atoms with Gasteiger partial charge in [0.1, 0.15) is 6.04 Å². The molecule has 1 aliphatic rings. The molecule has 2 aromatic rings. The summed E-state index contributed by atoms with van der Waals surface area (Å²) in [6.07, 6.45) is 1.68. The molecule has 3 heterocycles. The summed E-state index contributed by atoms with van der Waals surface area (Å²) in [5, 5.41) is 8.24. The lowest BCUT2D eigenvalue weighted by Crippen LogP contribution is -2.32. The van der Waals surface area contributed by atoms with Crippen LogP contribution in [-0.2, 0) is 4.79 Å². The van der Waals surface area contributed by atoms with E-state index in [4.69, 9.17) is 5.73 Å². The van der Waals surface area contributed by atoms with E-state index in [2.05, 4.69) is 20.4 Å². The van der Waals surface area contributed by atoms with Gasteiger partial charge in [0, 0.05) is 11.9 Å². The SMILES string of the molecule is CCSc1nc2n(n1)C(c1ccccn1)C(C(N)=O)=C(C)N2. The number of carbonyl (C=O) groups excluding carboxylic acids is 1. The van der Waals surface area contributed by atoms with Crippen LogP contribution in [0.25, 0.3) is 0 Å². The minimum atomic E-state index is -0.494. The molecule has 1 atom stereocenters. The first-order valence-corrected chi connectivity index (χ1v) is 7.88. The van der Waals surface area contributed by atoms with Crippen molar-refractivity contribution in [2.45, 2.75) is 25.0 Å². The average Bonchev–Trinajstić information content (AvgIpc) is 2.88. The fourth-order valence-electron chi connectivity index (χ4n) is 2.45. The van der Waals surface area contributed by atoms with Crippen LogP contribution in [0.3, 0.4) is 0 Å². The minimum Gasteiger partial charge on any atom is -0.366 e. The average molecular weight is 316 g/mol. The van der Waals surface area contributed by atoms with Crippen LogP contribution in [0.4, 0.5) is 5.95 Å². The minimum absolute atomic E-state index is 0.448. The third-order valence-corrected chi connectivity index (χ3v) is 4.06. The number of allylic oxidation sites excluding steroid dienone is 1. The van der Waals surface area contributed by atoms with Crippen molar-refractivity contribution >= 4 is 23.6 Å². The molecule has 8 heteroatoms. The zero-order chi connectivity index (χ0) is 15.7. The summed E-state index contributed by atoms with van der Waals surface area (Å²) >= 11 is 1.54. The molecule has 0 fully saturated rings. The first-order chi connectivity index (χ1) is 10.6. The highest BCUT2D eigenvalue weighted by Crippen LogP contribution is 2.34. The fraction of sp³-hybridized carbons (Fsp3) is 0.286. The highest BCUT2D eigenvalue weighted by molar-refractivity contribution is 7.99. The fourth-order valence-corrected chi connectivity index (χ4v) is 3.01. The van der Waals surface area contributed by atoms with Gasteiger partial charge in [0.05, 0.1) is 11.3 Å². The summed E-state index contributed by atoms with van der Waals surface area (Å²) < 4.78 is 1.67. The first-order valence-electron chi connectivity index (χ1n) is 6.89. The maximum Gasteiger partial charge on any atom is 0.248 e. The second-order valence-corrected chi connectivity index (χ2v) is 6.01. The number of hydrogen-bond acceptors (Lipinski definition) is 6. The summed E-state index contributed by atoms with van der Waals surface area (Å²) in [6, 6.07) is 5.08. The number of carbonyl (C=O) groups is 1. The Labute approximate surface area is 132 Å². The van der Waals surface area contributed by atoms with E-state index in [1.165, 1.54) is 11.8 Å². The number of fused-ring (bicyclic) bond motifs is 1. The molecule has 0 aliphatic carbocycles. The molecule has 3 N–H and O–H groups in total. The van der Waals surface area contributed by atoms with Crippen LogP contribution in [0.1, 0.15) is 25.6 Å². The Morgan fingerprint density at radius 1 is 1.50 bits per heavy atom. The van der Waals surface area contributed by atoms with E-state index in [1.54, 1.807) is 17.8 Å². The molecule has 1 unspecified atom stereocenters. The molecule has 0 bridgehead atoms. The second-order valence-electron chi connectivity index (χ2n) is 4.78. The molecule has 3 rings (SSSR count). The molecular weight excluding hydrogens is 300 g/mol. The molecule has 0 radical (unpaired) electrons. The van der Waals surface area contributed by atoms with Gasteiger partial charge in [0.25, 0.3) is 0 Å². The van der Waals surface area contributed by atoms with Crippen LogP contribution in [0.15, 0.2) is 40.8 Å². The lowest BCUT2D eigenvalue weighted by Gasteiger charge is -2.26. The van der Waals surface area contributed by atoms with E-state index in [-0.39, 0.29) is 0 Å². The Bertz CT molecular complexity index is 739. The Morgan fingerprint density at radius 3 is 2.95 bits per heavy atom. The molecule has 0 aromatic carbocycles. The van der Waals surface area contributed by atoms with Gasteiger partial charge in [0.2, 0.25) is 17.0 Å². The molecule has 0 saturated heterocycles. The number of rotatable bonds is 4. The quantitative estimate of drug-likeness (QED) is 0.831. The van der Waals surface area contributed by atoms with Gasteiger partial charge in [0.15, 0.2) is 0 Å². The molecule has 1 amide bonds. The third-order valence-electron chi connectivity index (χ3n) is 3.34. The largest absolute Gasteiger partial charge is 0.366 e. The number of nitrogens with one attached hydrogen (secondary N) is 1. The number of primary amides is 1. The highest BCUT2D eigenvalue weighted by Gasteiger charge is 2.33. The van der Waals surface area contributed by atoms with Gasteiger partial charge in [-0.05, 0) is 24.8 Å². The topological polar surface area (TPSA) is 98.7 Å². The maximum atomic E-state index is 11.9. The number of thioether (sulfide) groups is 1. The van der Waals surface area contributed by atoms with E-state index < -0.39 is 11.9 Å². The molecule has 0 saturated carbocycles. The number of nitrogens with zero attached hydrogens (tertiary/aromatic N) is 4. The summed E-state index contributed by atoms with van der Waals surface area (Å²) in [4.78, 5) is 20.7. The van der Waals surface area contributed by atoms with Gasteiger partial charge in [-0.3, -0.25) is 9.78 Å².